The Morgan fingerprint density at radius 3 is 2.52 bits per heavy atom. The van der Waals surface area contributed by atoms with Crippen molar-refractivity contribution in [3.05, 3.63) is 34.4 Å². The van der Waals surface area contributed by atoms with Crippen LogP contribution < -0.4 is 10.0 Å². The SMILES string of the molecule is O=[N+]([O-])c1cccc(S(=O)(=O)NCC(N2CCNCC2)C(F)(F)F)c1. The Labute approximate surface area is 142 Å². The molecule has 8 nitrogen and oxygen atoms in total. The predicted octanol–water partition coefficient (Wildman–Crippen LogP) is 0.709. The molecule has 2 N–H and O–H groups in total. The second kappa shape index (κ2) is 7.64. The van der Waals surface area contributed by atoms with Gasteiger partial charge in [-0.3, -0.25) is 15.0 Å². The van der Waals surface area contributed by atoms with E-state index in [9.17, 15) is 31.7 Å². The monoisotopic (exact) mass is 382 g/mol. The van der Waals surface area contributed by atoms with Crippen molar-refractivity contribution in [1.82, 2.24) is 14.9 Å². The van der Waals surface area contributed by atoms with E-state index in [0.29, 0.717) is 13.1 Å². The number of nitro benzene ring substituents is 1. The van der Waals surface area contributed by atoms with Crippen molar-refractivity contribution in [3.8, 4) is 0 Å². The lowest BCUT2D eigenvalue weighted by molar-refractivity contribution is -0.385. The Hall–Kier alpha value is -1.76. The van der Waals surface area contributed by atoms with Crippen LogP contribution in [0.4, 0.5) is 18.9 Å². The van der Waals surface area contributed by atoms with Crippen LogP contribution in [0.5, 0.6) is 0 Å². The highest BCUT2D eigenvalue weighted by Crippen LogP contribution is 2.25. The van der Waals surface area contributed by atoms with Crippen LogP contribution in [-0.4, -0.2) is 63.2 Å². The van der Waals surface area contributed by atoms with Crippen LogP contribution in [0.3, 0.4) is 0 Å². The maximum absolute atomic E-state index is 13.3. The number of rotatable bonds is 6. The fourth-order valence-corrected chi connectivity index (χ4v) is 3.56. The predicted molar refractivity (Wildman–Crippen MR) is 82.6 cm³/mol. The molecule has 0 aromatic heterocycles. The first-order valence-corrected chi connectivity index (χ1v) is 8.85. The number of nitrogens with zero attached hydrogens (tertiary/aromatic N) is 2. The second-order valence-electron chi connectivity index (χ2n) is 5.45. The molecule has 1 aliphatic heterocycles. The first kappa shape index (κ1) is 19.6. The molecule has 1 heterocycles. The van der Waals surface area contributed by atoms with E-state index in [1.54, 1.807) is 0 Å². The zero-order valence-electron chi connectivity index (χ0n) is 13.0. The van der Waals surface area contributed by atoms with Gasteiger partial charge in [0.05, 0.1) is 9.82 Å². The molecule has 0 amide bonds. The summed E-state index contributed by atoms with van der Waals surface area (Å²) in [6, 6.07) is 2.17. The van der Waals surface area contributed by atoms with E-state index in [1.165, 1.54) is 0 Å². The molecular formula is C13H17F3N4O4S. The van der Waals surface area contributed by atoms with E-state index >= 15 is 0 Å². The molecule has 1 atom stereocenters. The summed E-state index contributed by atoms with van der Waals surface area (Å²) < 4.78 is 66.1. The lowest BCUT2D eigenvalue weighted by atomic mass is 10.2. The molecule has 0 aliphatic carbocycles. The minimum absolute atomic E-state index is 0.142. The Balaban J connectivity index is 2.15. The third-order valence-electron chi connectivity index (χ3n) is 3.78. The van der Waals surface area contributed by atoms with Gasteiger partial charge in [0.15, 0.2) is 0 Å². The molecule has 1 unspecified atom stereocenters. The normalized spacial score (nSPS) is 18.0. The summed E-state index contributed by atoms with van der Waals surface area (Å²) in [6.45, 7) is 0.175. The molecule has 0 bridgehead atoms. The average Bonchev–Trinajstić information content (AvgIpc) is 2.54. The van der Waals surface area contributed by atoms with Gasteiger partial charge in [-0.15, -0.1) is 0 Å². The van der Waals surface area contributed by atoms with Crippen molar-refractivity contribution in [2.45, 2.75) is 17.1 Å². The maximum atomic E-state index is 13.3. The zero-order valence-corrected chi connectivity index (χ0v) is 13.8. The molecule has 1 aromatic carbocycles. The summed E-state index contributed by atoms with van der Waals surface area (Å²) >= 11 is 0. The fraction of sp³-hybridized carbons (Fsp3) is 0.538. The summed E-state index contributed by atoms with van der Waals surface area (Å²) in [7, 11) is -4.31. The van der Waals surface area contributed by atoms with E-state index in [0.717, 1.165) is 29.2 Å². The van der Waals surface area contributed by atoms with Crippen LogP contribution in [0.2, 0.25) is 0 Å². The van der Waals surface area contributed by atoms with Crippen molar-refractivity contribution in [2.24, 2.45) is 0 Å². The van der Waals surface area contributed by atoms with Crippen LogP contribution in [0, 0.1) is 10.1 Å². The Morgan fingerprint density at radius 2 is 1.96 bits per heavy atom. The Morgan fingerprint density at radius 1 is 1.32 bits per heavy atom. The zero-order chi connectivity index (χ0) is 18.7. The number of alkyl halides is 3. The number of hydrogen-bond acceptors (Lipinski definition) is 6. The van der Waals surface area contributed by atoms with Crippen LogP contribution >= 0.6 is 0 Å². The summed E-state index contributed by atoms with van der Waals surface area (Å²) in [5.74, 6) is 0. The molecule has 1 aliphatic rings. The summed E-state index contributed by atoms with van der Waals surface area (Å²) in [4.78, 5) is 10.6. The standard InChI is InChI=1S/C13H17F3N4O4S/c14-13(15,16)12(19-6-4-17-5-7-19)9-18-25(23,24)11-3-1-2-10(8-11)20(21)22/h1-3,8,12,17-18H,4-7,9H2. The molecule has 140 valence electrons. The molecule has 1 aromatic rings. The van der Waals surface area contributed by atoms with Gasteiger partial charge >= 0.3 is 6.18 Å². The number of piperazine rings is 1. The molecular weight excluding hydrogens is 365 g/mol. The van der Waals surface area contributed by atoms with Gasteiger partial charge in [-0.1, -0.05) is 6.07 Å². The third kappa shape index (κ3) is 5.11. The summed E-state index contributed by atoms with van der Waals surface area (Å²) in [5.41, 5.74) is -0.461. The summed E-state index contributed by atoms with van der Waals surface area (Å²) in [6.07, 6.45) is -4.61. The van der Waals surface area contributed by atoms with Crippen molar-refractivity contribution in [1.29, 1.82) is 0 Å². The molecule has 25 heavy (non-hydrogen) atoms. The summed E-state index contributed by atoms with van der Waals surface area (Å²) in [5, 5.41) is 13.6. The highest BCUT2D eigenvalue weighted by Gasteiger charge is 2.44. The van der Waals surface area contributed by atoms with Gasteiger partial charge < -0.3 is 5.32 Å². The van der Waals surface area contributed by atoms with Crippen molar-refractivity contribution in [3.63, 3.8) is 0 Å². The van der Waals surface area contributed by atoms with Crippen molar-refractivity contribution in [2.75, 3.05) is 32.7 Å². The average molecular weight is 382 g/mol. The van der Waals surface area contributed by atoms with Gasteiger partial charge in [0.25, 0.3) is 5.69 Å². The van der Waals surface area contributed by atoms with Crippen LogP contribution in [0.15, 0.2) is 29.2 Å². The van der Waals surface area contributed by atoms with E-state index in [-0.39, 0.29) is 13.1 Å². The molecule has 2 rings (SSSR count). The van der Waals surface area contributed by atoms with E-state index < -0.39 is 44.3 Å². The Kier molecular flexibility index (Phi) is 5.98. The first-order chi connectivity index (χ1) is 11.6. The fourth-order valence-electron chi connectivity index (χ4n) is 2.48. The molecule has 0 radical (unpaired) electrons. The number of hydrogen-bond donors (Lipinski definition) is 2. The highest BCUT2D eigenvalue weighted by molar-refractivity contribution is 7.89. The molecule has 0 saturated carbocycles. The van der Waals surface area contributed by atoms with Gasteiger partial charge in [-0.05, 0) is 6.07 Å². The Bertz CT molecular complexity index is 720. The number of nitro groups is 1. The lowest BCUT2D eigenvalue weighted by Gasteiger charge is -2.35. The number of halogens is 3. The van der Waals surface area contributed by atoms with E-state index in [2.05, 4.69) is 5.32 Å². The largest absolute Gasteiger partial charge is 0.405 e. The van der Waals surface area contributed by atoms with E-state index in [4.69, 9.17) is 0 Å². The maximum Gasteiger partial charge on any atom is 0.405 e. The number of sulfonamides is 1. The van der Waals surface area contributed by atoms with Gasteiger partial charge in [0, 0.05) is 44.9 Å². The minimum atomic E-state index is -4.61. The van der Waals surface area contributed by atoms with E-state index in [1.807, 2.05) is 4.72 Å². The molecule has 0 spiro atoms. The molecule has 12 heteroatoms. The van der Waals surface area contributed by atoms with Gasteiger partial charge in [-0.25, -0.2) is 13.1 Å². The second-order valence-corrected chi connectivity index (χ2v) is 7.22. The lowest BCUT2D eigenvalue weighted by Crippen LogP contribution is -2.57. The minimum Gasteiger partial charge on any atom is -0.314 e. The van der Waals surface area contributed by atoms with Crippen LogP contribution in [-0.2, 0) is 10.0 Å². The number of non-ortho nitro benzene ring substituents is 1. The topological polar surface area (TPSA) is 105 Å². The quantitative estimate of drug-likeness (QED) is 0.555. The van der Waals surface area contributed by atoms with Crippen molar-refractivity contribution < 1.29 is 26.5 Å². The van der Waals surface area contributed by atoms with Crippen LogP contribution in [0.25, 0.3) is 0 Å². The highest BCUT2D eigenvalue weighted by atomic mass is 32.2. The smallest absolute Gasteiger partial charge is 0.314 e. The third-order valence-corrected chi connectivity index (χ3v) is 5.20. The number of benzene rings is 1. The molecule has 1 fully saturated rings. The first-order valence-electron chi connectivity index (χ1n) is 7.37. The van der Waals surface area contributed by atoms with Crippen LogP contribution in [0.1, 0.15) is 0 Å². The van der Waals surface area contributed by atoms with Crippen molar-refractivity contribution >= 4 is 15.7 Å². The van der Waals surface area contributed by atoms with Gasteiger partial charge in [-0.2, -0.15) is 13.2 Å². The van der Waals surface area contributed by atoms with Gasteiger partial charge in [0.1, 0.15) is 6.04 Å². The van der Waals surface area contributed by atoms with Gasteiger partial charge in [0.2, 0.25) is 10.0 Å². The number of nitrogens with one attached hydrogen (secondary N) is 2. The molecule has 1 saturated heterocycles.